The lowest BCUT2D eigenvalue weighted by Crippen LogP contribution is -2.46. The Hall–Kier alpha value is -3.63. The number of carbonyl (C=O) groups excluding carboxylic acids is 2. The number of rotatable bonds is 8. The topological polar surface area (TPSA) is 133 Å². The van der Waals surface area contributed by atoms with Crippen LogP contribution in [0.15, 0.2) is 42.7 Å². The SMILES string of the molecule is COc1ccc(CNc2nccc(C(=O)c3ncc(N4CCC(C)(OC(N)=O)CC4)nc3Cl)c2Cl)cc1. The van der Waals surface area contributed by atoms with E-state index in [2.05, 4.69) is 20.3 Å². The van der Waals surface area contributed by atoms with Crippen molar-refractivity contribution in [3.8, 4) is 5.75 Å². The summed E-state index contributed by atoms with van der Waals surface area (Å²) in [6.45, 7) is 3.40. The maximum absolute atomic E-state index is 13.2. The van der Waals surface area contributed by atoms with E-state index in [1.165, 1.54) is 18.5 Å². The predicted octanol–water partition coefficient (Wildman–Crippen LogP) is 4.48. The van der Waals surface area contributed by atoms with Crippen LogP contribution in [0.25, 0.3) is 0 Å². The molecule has 4 rings (SSSR count). The van der Waals surface area contributed by atoms with Gasteiger partial charge in [-0.3, -0.25) is 4.79 Å². The number of pyridine rings is 1. The Morgan fingerprint density at radius 1 is 1.14 bits per heavy atom. The Morgan fingerprint density at radius 2 is 1.84 bits per heavy atom. The van der Waals surface area contributed by atoms with Crippen LogP contribution in [0.1, 0.15) is 41.4 Å². The van der Waals surface area contributed by atoms with Crippen molar-refractivity contribution in [3.05, 3.63) is 69.7 Å². The van der Waals surface area contributed by atoms with Crippen LogP contribution in [-0.2, 0) is 11.3 Å². The van der Waals surface area contributed by atoms with Gasteiger partial charge in [0.15, 0.2) is 5.15 Å². The number of piperidine rings is 1. The summed E-state index contributed by atoms with van der Waals surface area (Å²) in [7, 11) is 1.61. The van der Waals surface area contributed by atoms with Crippen molar-refractivity contribution in [3.63, 3.8) is 0 Å². The lowest BCUT2D eigenvalue weighted by molar-refractivity contribution is 0.0126. The fourth-order valence-corrected chi connectivity index (χ4v) is 4.50. The Morgan fingerprint density at radius 3 is 2.46 bits per heavy atom. The molecule has 3 N–H and O–H groups in total. The fraction of sp³-hybridized carbons (Fsp3) is 0.320. The van der Waals surface area contributed by atoms with Crippen molar-refractivity contribution in [1.82, 2.24) is 15.0 Å². The van der Waals surface area contributed by atoms with Crippen LogP contribution in [0.2, 0.25) is 10.2 Å². The molecule has 0 spiro atoms. The standard InChI is InChI=1S/C25H26Cl2N6O4/c1-25(37-24(28)35)8-11-33(12-9-25)18-14-30-20(22(27)32-18)21(34)17-7-10-29-23(19(17)26)31-13-15-3-5-16(36-2)6-4-15/h3-7,10,14H,8-9,11-13H2,1-2H3,(H2,28,35)(H,29,31). The number of hydrogen-bond acceptors (Lipinski definition) is 9. The van der Waals surface area contributed by atoms with Gasteiger partial charge in [-0.2, -0.15) is 0 Å². The maximum Gasteiger partial charge on any atom is 0.405 e. The number of carbonyl (C=O) groups is 2. The van der Waals surface area contributed by atoms with Crippen LogP contribution in [0.4, 0.5) is 16.4 Å². The Balaban J connectivity index is 1.45. The predicted molar refractivity (Wildman–Crippen MR) is 141 cm³/mol. The molecule has 0 aliphatic carbocycles. The normalized spacial score (nSPS) is 14.6. The Labute approximate surface area is 224 Å². The van der Waals surface area contributed by atoms with Gasteiger partial charge in [-0.25, -0.2) is 19.7 Å². The molecular weight excluding hydrogens is 519 g/mol. The number of ether oxygens (including phenoxy) is 2. The third kappa shape index (κ3) is 6.20. The fourth-order valence-electron chi connectivity index (χ4n) is 4.02. The summed E-state index contributed by atoms with van der Waals surface area (Å²) in [6.07, 6.45) is 3.32. The second-order valence-corrected chi connectivity index (χ2v) is 9.51. The first-order valence-electron chi connectivity index (χ1n) is 11.5. The van der Waals surface area contributed by atoms with E-state index < -0.39 is 17.5 Å². The molecule has 1 fully saturated rings. The van der Waals surface area contributed by atoms with Gasteiger partial charge in [0.25, 0.3) is 0 Å². The molecule has 1 amide bonds. The molecule has 0 radical (unpaired) electrons. The highest BCUT2D eigenvalue weighted by atomic mass is 35.5. The zero-order chi connectivity index (χ0) is 26.6. The molecule has 0 bridgehead atoms. The van der Waals surface area contributed by atoms with Crippen molar-refractivity contribution in [2.24, 2.45) is 5.73 Å². The largest absolute Gasteiger partial charge is 0.497 e. The number of primary amides is 1. The number of benzene rings is 1. The van der Waals surface area contributed by atoms with Gasteiger partial charge >= 0.3 is 6.09 Å². The number of methoxy groups -OCH3 is 1. The van der Waals surface area contributed by atoms with Crippen LogP contribution in [-0.4, -0.2) is 52.6 Å². The lowest BCUT2D eigenvalue weighted by Gasteiger charge is -2.38. The van der Waals surface area contributed by atoms with Crippen molar-refractivity contribution in [2.45, 2.75) is 31.9 Å². The van der Waals surface area contributed by atoms with Gasteiger partial charge in [-0.1, -0.05) is 35.3 Å². The molecule has 0 atom stereocenters. The second kappa shape index (κ2) is 11.2. The lowest BCUT2D eigenvalue weighted by atomic mass is 9.93. The zero-order valence-electron chi connectivity index (χ0n) is 20.3. The monoisotopic (exact) mass is 544 g/mol. The van der Waals surface area contributed by atoms with Crippen molar-refractivity contribution < 1.29 is 19.1 Å². The maximum atomic E-state index is 13.2. The highest BCUT2D eigenvalue weighted by molar-refractivity contribution is 6.38. The summed E-state index contributed by atoms with van der Waals surface area (Å²) < 4.78 is 10.4. The van der Waals surface area contributed by atoms with E-state index >= 15 is 0 Å². The molecule has 37 heavy (non-hydrogen) atoms. The number of ketones is 1. The minimum Gasteiger partial charge on any atom is -0.497 e. The number of nitrogens with two attached hydrogens (primary N) is 1. The van der Waals surface area contributed by atoms with E-state index in [0.717, 1.165) is 11.3 Å². The van der Waals surface area contributed by atoms with E-state index in [4.69, 9.17) is 38.4 Å². The molecule has 2 aromatic heterocycles. The van der Waals surface area contributed by atoms with Crippen molar-refractivity contribution in [1.29, 1.82) is 0 Å². The van der Waals surface area contributed by atoms with Gasteiger partial charge < -0.3 is 25.4 Å². The molecular formula is C25H26Cl2N6O4. The van der Waals surface area contributed by atoms with E-state index in [1.54, 1.807) is 7.11 Å². The minimum atomic E-state index is -0.796. The van der Waals surface area contributed by atoms with Crippen LogP contribution < -0.4 is 20.7 Å². The number of aromatic nitrogens is 3. The van der Waals surface area contributed by atoms with E-state index in [0.29, 0.717) is 44.1 Å². The molecule has 0 saturated carbocycles. The van der Waals surface area contributed by atoms with E-state index in [-0.39, 0.29) is 21.4 Å². The molecule has 1 saturated heterocycles. The molecule has 1 aliphatic rings. The number of nitrogens with one attached hydrogen (secondary N) is 1. The highest BCUT2D eigenvalue weighted by Crippen LogP contribution is 2.31. The first-order chi connectivity index (χ1) is 17.7. The summed E-state index contributed by atoms with van der Waals surface area (Å²) in [5.74, 6) is 1.17. The minimum absolute atomic E-state index is 0.0152. The van der Waals surface area contributed by atoms with Crippen molar-refractivity contribution >= 4 is 46.7 Å². The summed E-state index contributed by atoms with van der Waals surface area (Å²) in [6, 6.07) is 9.05. The third-order valence-corrected chi connectivity index (χ3v) is 6.82. The number of amides is 1. The van der Waals surface area contributed by atoms with E-state index in [1.807, 2.05) is 36.1 Å². The molecule has 12 heteroatoms. The van der Waals surface area contributed by atoms with Gasteiger partial charge in [0.2, 0.25) is 5.78 Å². The van der Waals surface area contributed by atoms with Gasteiger partial charge in [0.05, 0.1) is 18.3 Å². The van der Waals surface area contributed by atoms with Gasteiger partial charge in [0.1, 0.15) is 28.7 Å². The van der Waals surface area contributed by atoms with Gasteiger partial charge in [-0.15, -0.1) is 0 Å². The van der Waals surface area contributed by atoms with Gasteiger partial charge in [-0.05, 0) is 30.7 Å². The first kappa shape index (κ1) is 26.4. The average molecular weight is 545 g/mol. The van der Waals surface area contributed by atoms with Crippen molar-refractivity contribution in [2.75, 3.05) is 30.4 Å². The molecule has 1 aromatic carbocycles. The molecule has 3 heterocycles. The molecule has 0 unspecified atom stereocenters. The van der Waals surface area contributed by atoms with Crippen LogP contribution >= 0.6 is 23.2 Å². The summed E-state index contributed by atoms with van der Waals surface area (Å²) >= 11 is 12.9. The molecule has 194 valence electrons. The van der Waals surface area contributed by atoms with Crippen LogP contribution in [0.5, 0.6) is 5.75 Å². The van der Waals surface area contributed by atoms with Gasteiger partial charge in [0, 0.05) is 44.2 Å². The smallest absolute Gasteiger partial charge is 0.405 e. The summed E-state index contributed by atoms with van der Waals surface area (Å²) in [5, 5.41) is 3.27. The quantitative estimate of drug-likeness (QED) is 0.393. The molecule has 3 aromatic rings. The summed E-state index contributed by atoms with van der Waals surface area (Å²) in [4.78, 5) is 39.3. The summed E-state index contributed by atoms with van der Waals surface area (Å²) in [5.41, 5.74) is 5.71. The average Bonchev–Trinajstić information content (AvgIpc) is 2.88. The second-order valence-electron chi connectivity index (χ2n) is 8.78. The van der Waals surface area contributed by atoms with E-state index in [9.17, 15) is 9.59 Å². The number of halogens is 2. The third-order valence-electron chi connectivity index (χ3n) is 6.18. The Bertz CT molecular complexity index is 1300. The highest BCUT2D eigenvalue weighted by Gasteiger charge is 2.34. The molecule has 1 aliphatic heterocycles. The number of nitrogens with zero attached hydrogens (tertiary/aromatic N) is 4. The zero-order valence-corrected chi connectivity index (χ0v) is 21.8. The Kier molecular flexibility index (Phi) is 7.99. The number of hydrogen-bond donors (Lipinski definition) is 2. The van der Waals surface area contributed by atoms with Crippen LogP contribution in [0.3, 0.4) is 0 Å². The first-order valence-corrected chi connectivity index (χ1v) is 12.3. The molecule has 10 nitrogen and oxygen atoms in total. The number of anilines is 2. The van der Waals surface area contributed by atoms with Crippen LogP contribution in [0, 0.1) is 0 Å².